The maximum absolute atomic E-state index is 7.68. The van der Waals surface area contributed by atoms with Crippen LogP contribution in [0, 0.1) is 0 Å². The number of hydrogen-bond donors (Lipinski definition) is 2. The summed E-state index contributed by atoms with van der Waals surface area (Å²) in [5, 5.41) is 33.8. The first-order valence-corrected chi connectivity index (χ1v) is 11.9. The Labute approximate surface area is 186 Å². The van der Waals surface area contributed by atoms with Gasteiger partial charge in [0.25, 0.3) is 0 Å². The van der Waals surface area contributed by atoms with Crippen LogP contribution in [0.2, 0.25) is 0 Å². The van der Waals surface area contributed by atoms with E-state index >= 15 is 0 Å². The highest BCUT2D eigenvalue weighted by molar-refractivity contribution is 7.80. The van der Waals surface area contributed by atoms with Crippen LogP contribution in [0.25, 0.3) is 0 Å². The molecule has 0 aliphatic heterocycles. The van der Waals surface area contributed by atoms with Gasteiger partial charge in [-0.1, -0.05) is 96.8 Å². The van der Waals surface area contributed by atoms with Gasteiger partial charge < -0.3 is 0 Å². The number of thiol groups is 1. The summed E-state index contributed by atoms with van der Waals surface area (Å²) in [6.45, 7) is 2.61. The van der Waals surface area contributed by atoms with E-state index in [0.29, 0.717) is 11.9 Å². The van der Waals surface area contributed by atoms with E-state index in [1.54, 1.807) is 0 Å². The number of unbranched alkanes of at least 4 members (excludes halogenated alkanes) is 13. The van der Waals surface area contributed by atoms with Crippen LogP contribution < -0.4 is 0 Å². The van der Waals surface area contributed by atoms with Crippen LogP contribution in [-0.2, 0) is 40.2 Å². The summed E-state index contributed by atoms with van der Waals surface area (Å²) < 4.78 is 0. The zero-order valence-electron chi connectivity index (χ0n) is 18.5. The van der Waals surface area contributed by atoms with Crippen LogP contribution in [0.1, 0.15) is 116 Å². The molecule has 30 heavy (non-hydrogen) atoms. The molecule has 182 valence electrons. The second kappa shape index (κ2) is 27.0. The minimum absolute atomic E-state index is 0.344. The smallest absolute Gasteiger partial charge is 0.0855 e. The molecule has 0 aliphatic carbocycles. The molecule has 0 bridgehead atoms. The number of hydrogen-bond acceptors (Lipinski definition) is 10. The highest BCUT2D eigenvalue weighted by Crippen LogP contribution is 2.17. The minimum atomic E-state index is 0.344. The van der Waals surface area contributed by atoms with Gasteiger partial charge >= 0.3 is 0 Å². The van der Waals surface area contributed by atoms with E-state index in [1.165, 1.54) is 83.5 Å². The Hall–Kier alpha value is -0.0100. The van der Waals surface area contributed by atoms with Gasteiger partial charge in [0.05, 0.1) is 6.61 Å². The van der Waals surface area contributed by atoms with Crippen molar-refractivity contribution in [2.45, 2.75) is 121 Å². The summed E-state index contributed by atoms with van der Waals surface area (Å²) in [6, 6.07) is 0. The highest BCUT2D eigenvalue weighted by atomic mass is 32.1. The molecule has 0 fully saturated rings. The van der Waals surface area contributed by atoms with Crippen LogP contribution in [0.3, 0.4) is 0 Å². The molecule has 0 rings (SSSR count). The topological polar surface area (TPSA) is 94.1 Å². The standard InChI is InChI=1S/C20H42O9S/c1-2-3-4-5-6-7-8-9-10-11-12-14-17-20(30)18-15-13-16-19-22-24-26-28-29-27-25-23-21/h20-21,30H,2-19H2,1H3. The first-order valence-electron chi connectivity index (χ1n) is 11.4. The Bertz CT molecular complexity index is 286. The second-order valence-electron chi connectivity index (χ2n) is 7.49. The van der Waals surface area contributed by atoms with E-state index in [0.717, 1.165) is 25.7 Å². The normalized spacial score (nSPS) is 12.5. The molecule has 0 aliphatic rings. The van der Waals surface area contributed by atoms with Gasteiger partial charge in [-0.3, -0.25) is 0 Å². The lowest BCUT2D eigenvalue weighted by Crippen LogP contribution is -2.03. The SMILES string of the molecule is CCCCCCCCCCCCCCC(S)CCCCCOOOOOOOOO. The summed E-state index contributed by atoms with van der Waals surface area (Å²) in [6.07, 6.45) is 21.8. The average Bonchev–Trinajstić information content (AvgIpc) is 2.75. The lowest BCUT2D eigenvalue weighted by molar-refractivity contribution is -0.830. The van der Waals surface area contributed by atoms with Gasteiger partial charge in [0.1, 0.15) is 0 Å². The fourth-order valence-electron chi connectivity index (χ4n) is 3.19. The van der Waals surface area contributed by atoms with Crippen molar-refractivity contribution in [1.82, 2.24) is 0 Å². The molecule has 0 saturated heterocycles. The van der Waals surface area contributed by atoms with E-state index in [1.807, 2.05) is 0 Å². The molecular weight excluding hydrogens is 416 g/mol. The lowest BCUT2D eigenvalue weighted by atomic mass is 10.0. The Morgan fingerprint density at radius 3 is 1.53 bits per heavy atom. The third-order valence-electron chi connectivity index (χ3n) is 4.87. The summed E-state index contributed by atoms with van der Waals surface area (Å²) >= 11 is 4.69. The molecule has 0 spiro atoms. The van der Waals surface area contributed by atoms with E-state index in [2.05, 4.69) is 59.7 Å². The van der Waals surface area contributed by atoms with Crippen molar-refractivity contribution >= 4 is 12.6 Å². The highest BCUT2D eigenvalue weighted by Gasteiger charge is 2.03. The van der Waals surface area contributed by atoms with Crippen molar-refractivity contribution in [2.75, 3.05) is 6.61 Å². The predicted molar refractivity (Wildman–Crippen MR) is 113 cm³/mol. The van der Waals surface area contributed by atoms with Gasteiger partial charge in [-0.05, 0) is 54.5 Å². The average molecular weight is 459 g/mol. The molecule has 1 N–H and O–H groups in total. The Morgan fingerprint density at radius 2 is 1.00 bits per heavy atom. The molecule has 9 nitrogen and oxygen atoms in total. The molecule has 0 aromatic rings. The van der Waals surface area contributed by atoms with Gasteiger partial charge in [0.15, 0.2) is 0 Å². The van der Waals surface area contributed by atoms with Crippen LogP contribution in [0.15, 0.2) is 0 Å². The van der Waals surface area contributed by atoms with E-state index in [-0.39, 0.29) is 0 Å². The van der Waals surface area contributed by atoms with E-state index < -0.39 is 0 Å². The molecule has 0 amide bonds. The molecule has 1 atom stereocenters. The second-order valence-corrected chi connectivity index (χ2v) is 8.22. The molecule has 1 unspecified atom stereocenters. The van der Waals surface area contributed by atoms with Crippen LogP contribution in [-0.4, -0.2) is 17.1 Å². The molecule has 10 heteroatoms. The minimum Gasteiger partial charge on any atom is -0.219 e. The van der Waals surface area contributed by atoms with E-state index in [4.69, 9.17) is 5.26 Å². The maximum Gasteiger partial charge on any atom is 0.0855 e. The van der Waals surface area contributed by atoms with Crippen LogP contribution in [0.4, 0.5) is 0 Å². The van der Waals surface area contributed by atoms with Crippen LogP contribution >= 0.6 is 12.6 Å². The molecule has 0 aromatic heterocycles. The third kappa shape index (κ3) is 26.0. The lowest BCUT2D eigenvalue weighted by Gasteiger charge is -2.10. The van der Waals surface area contributed by atoms with Crippen molar-refractivity contribution in [3.05, 3.63) is 0 Å². The fourth-order valence-corrected chi connectivity index (χ4v) is 3.56. The molecule has 0 radical (unpaired) electrons. The summed E-state index contributed by atoms with van der Waals surface area (Å²) in [4.78, 5) is 4.67. The maximum atomic E-state index is 7.68. The van der Waals surface area contributed by atoms with Gasteiger partial charge in [-0.2, -0.15) is 12.6 Å². The molecule has 0 heterocycles. The monoisotopic (exact) mass is 458 g/mol. The summed E-state index contributed by atoms with van der Waals surface area (Å²) in [5.41, 5.74) is 0. The largest absolute Gasteiger partial charge is 0.219 e. The molecular formula is C20H42O9S. The zero-order chi connectivity index (χ0) is 22.0. The van der Waals surface area contributed by atoms with Crippen molar-refractivity contribution in [1.29, 1.82) is 0 Å². The Morgan fingerprint density at radius 1 is 0.567 bits per heavy atom. The van der Waals surface area contributed by atoms with Gasteiger partial charge in [-0.25, -0.2) is 10.1 Å². The van der Waals surface area contributed by atoms with Gasteiger partial charge in [-0.15, -0.1) is 0 Å². The van der Waals surface area contributed by atoms with Crippen molar-refractivity contribution < 1.29 is 45.4 Å². The predicted octanol–water partition coefficient (Wildman–Crippen LogP) is 6.95. The Kier molecular flexibility index (Phi) is 27.0. The molecule has 0 aromatic carbocycles. The van der Waals surface area contributed by atoms with Crippen molar-refractivity contribution in [3.63, 3.8) is 0 Å². The summed E-state index contributed by atoms with van der Waals surface area (Å²) in [5.74, 6) is 0. The fraction of sp³-hybridized carbons (Fsp3) is 1.00. The first-order chi connectivity index (χ1) is 14.8. The number of rotatable bonds is 26. The first kappa shape index (κ1) is 30.0. The zero-order valence-corrected chi connectivity index (χ0v) is 19.4. The van der Waals surface area contributed by atoms with Gasteiger partial charge in [0.2, 0.25) is 0 Å². The third-order valence-corrected chi connectivity index (χ3v) is 5.39. The Balaban J connectivity index is 3.13. The van der Waals surface area contributed by atoms with Crippen LogP contribution in [0.5, 0.6) is 0 Å². The van der Waals surface area contributed by atoms with Gasteiger partial charge in [0, 0.05) is 5.25 Å². The summed E-state index contributed by atoms with van der Waals surface area (Å²) in [7, 11) is 0. The van der Waals surface area contributed by atoms with E-state index in [9.17, 15) is 0 Å². The quantitative estimate of drug-likeness (QED) is 0.0618. The van der Waals surface area contributed by atoms with Crippen molar-refractivity contribution in [2.24, 2.45) is 0 Å². The molecule has 0 saturated carbocycles. The van der Waals surface area contributed by atoms with Crippen molar-refractivity contribution in [3.8, 4) is 0 Å².